The van der Waals surface area contributed by atoms with Crippen molar-refractivity contribution in [2.24, 2.45) is 0 Å². The van der Waals surface area contributed by atoms with Crippen molar-refractivity contribution in [1.82, 2.24) is 9.55 Å². The summed E-state index contributed by atoms with van der Waals surface area (Å²) >= 11 is 0. The van der Waals surface area contributed by atoms with E-state index in [4.69, 9.17) is 4.74 Å². The lowest BCUT2D eigenvalue weighted by Gasteiger charge is -2.15. The third-order valence-corrected chi connectivity index (χ3v) is 5.24. The lowest BCUT2D eigenvalue weighted by molar-refractivity contribution is -0.116. The summed E-state index contributed by atoms with van der Waals surface area (Å²) in [5, 5.41) is 2.90. The molecule has 2 aromatic heterocycles. The van der Waals surface area contributed by atoms with Gasteiger partial charge in [-0.2, -0.15) is 0 Å². The van der Waals surface area contributed by atoms with Crippen molar-refractivity contribution in [3.63, 3.8) is 0 Å². The number of para-hydroxylation sites is 2. The van der Waals surface area contributed by atoms with E-state index in [-0.39, 0.29) is 34.1 Å². The van der Waals surface area contributed by atoms with Crippen molar-refractivity contribution in [3.05, 3.63) is 99.9 Å². The standard InChI is InChI=1S/C25H20FN3O4/c1-15-11-17-21(12-19(15)26)29(14-23(30)28-20-5-3-4-6-22(20)33-2)13-18(25(17)32)24(31)16-7-9-27-10-8-16/h3-13H,14H2,1-2H3,(H,28,30). The minimum absolute atomic E-state index is 0.121. The van der Waals surface area contributed by atoms with E-state index in [1.807, 2.05) is 0 Å². The second kappa shape index (κ2) is 9.04. The molecule has 166 valence electrons. The molecule has 2 heterocycles. The van der Waals surface area contributed by atoms with E-state index in [0.29, 0.717) is 11.4 Å². The third-order valence-electron chi connectivity index (χ3n) is 5.24. The Kier molecular flexibility index (Phi) is 5.99. The number of rotatable bonds is 6. The first-order valence-electron chi connectivity index (χ1n) is 10.1. The fourth-order valence-corrected chi connectivity index (χ4v) is 3.56. The molecular formula is C25H20FN3O4. The molecular weight excluding hydrogens is 425 g/mol. The molecule has 0 saturated heterocycles. The number of nitrogens with one attached hydrogen (secondary N) is 1. The first-order chi connectivity index (χ1) is 15.9. The van der Waals surface area contributed by atoms with Crippen LogP contribution in [0, 0.1) is 12.7 Å². The summed E-state index contributed by atoms with van der Waals surface area (Å²) in [5.74, 6) is -0.988. The van der Waals surface area contributed by atoms with Gasteiger partial charge in [0.2, 0.25) is 11.3 Å². The maximum atomic E-state index is 14.4. The lowest BCUT2D eigenvalue weighted by Crippen LogP contribution is -2.24. The maximum absolute atomic E-state index is 14.4. The van der Waals surface area contributed by atoms with Crippen LogP contribution in [0.4, 0.5) is 10.1 Å². The molecule has 7 nitrogen and oxygen atoms in total. The summed E-state index contributed by atoms with van der Waals surface area (Å²) < 4.78 is 21.0. The van der Waals surface area contributed by atoms with Gasteiger partial charge in [-0.15, -0.1) is 0 Å². The van der Waals surface area contributed by atoms with Crippen molar-refractivity contribution in [3.8, 4) is 5.75 Å². The van der Waals surface area contributed by atoms with E-state index >= 15 is 0 Å². The second-order valence-corrected chi connectivity index (χ2v) is 7.43. The van der Waals surface area contributed by atoms with Gasteiger partial charge in [0.15, 0.2) is 5.78 Å². The summed E-state index contributed by atoms with van der Waals surface area (Å²) in [6.07, 6.45) is 4.20. The smallest absolute Gasteiger partial charge is 0.244 e. The summed E-state index contributed by atoms with van der Waals surface area (Å²) in [7, 11) is 1.49. The third kappa shape index (κ3) is 4.36. The van der Waals surface area contributed by atoms with Crippen LogP contribution in [-0.2, 0) is 11.3 Å². The van der Waals surface area contributed by atoms with Crippen molar-refractivity contribution >= 4 is 28.3 Å². The maximum Gasteiger partial charge on any atom is 0.244 e. The van der Waals surface area contributed by atoms with Crippen molar-refractivity contribution in [2.45, 2.75) is 13.5 Å². The van der Waals surface area contributed by atoms with Crippen LogP contribution in [0.25, 0.3) is 10.9 Å². The molecule has 0 radical (unpaired) electrons. The topological polar surface area (TPSA) is 90.3 Å². The van der Waals surface area contributed by atoms with Crippen molar-refractivity contribution < 1.29 is 18.7 Å². The Labute approximate surface area is 188 Å². The van der Waals surface area contributed by atoms with Gasteiger partial charge in [0.1, 0.15) is 18.1 Å². The number of benzene rings is 2. The highest BCUT2D eigenvalue weighted by Crippen LogP contribution is 2.23. The number of hydrogen-bond donors (Lipinski definition) is 1. The van der Waals surface area contributed by atoms with Crippen LogP contribution in [0.2, 0.25) is 0 Å². The van der Waals surface area contributed by atoms with E-state index in [1.54, 1.807) is 24.3 Å². The van der Waals surface area contributed by atoms with Crippen molar-refractivity contribution in [2.75, 3.05) is 12.4 Å². The molecule has 4 aromatic rings. The number of carbonyl (C=O) groups is 2. The molecule has 0 aliphatic heterocycles. The Morgan fingerprint density at radius 1 is 1.12 bits per heavy atom. The number of methoxy groups -OCH3 is 1. The Balaban J connectivity index is 1.80. The Hall–Kier alpha value is -4.33. The zero-order valence-electron chi connectivity index (χ0n) is 18.0. The monoisotopic (exact) mass is 445 g/mol. The molecule has 0 aliphatic carbocycles. The number of ether oxygens (including phenoxy) is 1. The van der Waals surface area contributed by atoms with Gasteiger partial charge < -0.3 is 14.6 Å². The van der Waals surface area contributed by atoms with Crippen LogP contribution in [0.3, 0.4) is 0 Å². The normalized spacial score (nSPS) is 10.8. The largest absolute Gasteiger partial charge is 0.495 e. The number of aryl methyl sites for hydroxylation is 1. The highest BCUT2D eigenvalue weighted by molar-refractivity contribution is 6.10. The molecule has 4 rings (SSSR count). The van der Waals surface area contributed by atoms with Crippen LogP contribution in [0.1, 0.15) is 21.5 Å². The number of hydrogen-bond acceptors (Lipinski definition) is 5. The molecule has 0 fully saturated rings. The van der Waals surface area contributed by atoms with E-state index < -0.39 is 22.9 Å². The highest BCUT2D eigenvalue weighted by Gasteiger charge is 2.19. The second-order valence-electron chi connectivity index (χ2n) is 7.43. The van der Waals surface area contributed by atoms with Crippen LogP contribution < -0.4 is 15.5 Å². The Morgan fingerprint density at radius 3 is 2.58 bits per heavy atom. The molecule has 0 spiro atoms. The SMILES string of the molecule is COc1ccccc1NC(=O)Cn1cc(C(=O)c2ccncc2)c(=O)c2cc(C)c(F)cc21. The van der Waals surface area contributed by atoms with Crippen LogP contribution in [-0.4, -0.2) is 28.4 Å². The molecule has 8 heteroatoms. The predicted molar refractivity (Wildman–Crippen MR) is 122 cm³/mol. The number of fused-ring (bicyclic) bond motifs is 1. The van der Waals surface area contributed by atoms with Gasteiger partial charge >= 0.3 is 0 Å². The number of ketones is 1. The number of halogens is 1. The number of carbonyl (C=O) groups excluding carboxylic acids is 2. The molecule has 33 heavy (non-hydrogen) atoms. The zero-order valence-corrected chi connectivity index (χ0v) is 18.0. The van der Waals surface area contributed by atoms with Gasteiger partial charge in [-0.3, -0.25) is 19.4 Å². The summed E-state index contributed by atoms with van der Waals surface area (Å²) in [6, 6.07) is 12.5. The molecule has 0 aliphatic rings. The van der Waals surface area contributed by atoms with Gasteiger partial charge in [0.25, 0.3) is 0 Å². The number of amides is 1. The van der Waals surface area contributed by atoms with Crippen LogP contribution in [0.15, 0.2) is 71.9 Å². The summed E-state index contributed by atoms with van der Waals surface area (Å²) in [6.45, 7) is 1.28. The quantitative estimate of drug-likeness (QED) is 0.457. The lowest BCUT2D eigenvalue weighted by atomic mass is 10.0. The number of anilines is 1. The average molecular weight is 445 g/mol. The van der Waals surface area contributed by atoms with E-state index in [9.17, 15) is 18.8 Å². The van der Waals surface area contributed by atoms with Gasteiger partial charge in [0, 0.05) is 29.5 Å². The van der Waals surface area contributed by atoms with Gasteiger partial charge in [-0.1, -0.05) is 12.1 Å². The molecule has 0 unspecified atom stereocenters. The first kappa shape index (κ1) is 21.9. The number of nitrogens with zero attached hydrogens (tertiary/aromatic N) is 2. The summed E-state index contributed by atoms with van der Waals surface area (Å²) in [4.78, 5) is 42.9. The number of pyridine rings is 2. The molecule has 0 bridgehead atoms. The molecule has 1 amide bonds. The number of aromatic nitrogens is 2. The minimum atomic E-state index is -0.531. The van der Waals surface area contributed by atoms with Crippen molar-refractivity contribution in [1.29, 1.82) is 0 Å². The molecule has 1 N–H and O–H groups in total. The first-order valence-corrected chi connectivity index (χ1v) is 10.1. The predicted octanol–water partition coefficient (Wildman–Crippen LogP) is 3.72. The van der Waals surface area contributed by atoms with E-state index in [1.165, 1.54) is 61.5 Å². The fraction of sp³-hybridized carbons (Fsp3) is 0.120. The molecule has 0 atom stereocenters. The molecule has 2 aromatic carbocycles. The zero-order chi connectivity index (χ0) is 23.5. The van der Waals surface area contributed by atoms with Gasteiger partial charge in [-0.05, 0) is 48.9 Å². The Morgan fingerprint density at radius 2 is 1.85 bits per heavy atom. The van der Waals surface area contributed by atoms with Crippen LogP contribution >= 0.6 is 0 Å². The van der Waals surface area contributed by atoms with Crippen LogP contribution in [0.5, 0.6) is 5.75 Å². The van der Waals surface area contributed by atoms with Gasteiger partial charge in [0.05, 0.1) is 23.9 Å². The fourth-order valence-electron chi connectivity index (χ4n) is 3.56. The van der Waals surface area contributed by atoms with E-state index in [2.05, 4.69) is 10.3 Å². The highest BCUT2D eigenvalue weighted by atomic mass is 19.1. The molecule has 0 saturated carbocycles. The summed E-state index contributed by atoms with van der Waals surface area (Å²) in [5.41, 5.74) is 0.569. The average Bonchev–Trinajstić information content (AvgIpc) is 2.82. The van der Waals surface area contributed by atoms with Gasteiger partial charge in [-0.25, -0.2) is 4.39 Å². The Bertz CT molecular complexity index is 1430. The minimum Gasteiger partial charge on any atom is -0.495 e. The van der Waals surface area contributed by atoms with E-state index in [0.717, 1.165) is 0 Å².